The minimum atomic E-state index is -0.518. The molecule has 1 saturated heterocycles. The molecule has 1 aromatic heterocycles. The lowest BCUT2D eigenvalue weighted by Gasteiger charge is -2.40. The minimum absolute atomic E-state index is 0.227. The number of anilines is 1. The molecule has 1 amide bonds. The summed E-state index contributed by atoms with van der Waals surface area (Å²) in [7, 11) is 1.32. The van der Waals surface area contributed by atoms with E-state index in [1.54, 1.807) is 13.1 Å². The molecule has 2 rings (SSSR count). The third-order valence-corrected chi connectivity index (χ3v) is 4.31. The summed E-state index contributed by atoms with van der Waals surface area (Å²) in [5.41, 5.74) is -0.0811. The van der Waals surface area contributed by atoms with Gasteiger partial charge in [0.25, 0.3) is 0 Å². The smallest absolute Gasteiger partial charge is 0.408 e. The molecule has 1 fully saturated rings. The Kier molecular flexibility index (Phi) is 5.73. The second-order valence-electron chi connectivity index (χ2n) is 7.83. The highest BCUT2D eigenvalue weighted by Crippen LogP contribution is 2.25. The first-order valence-corrected chi connectivity index (χ1v) is 8.71. The molecule has 0 radical (unpaired) electrons. The first kappa shape index (κ1) is 19.9. The summed E-state index contributed by atoms with van der Waals surface area (Å²) in [5.74, 6) is 0.226. The van der Waals surface area contributed by atoms with Crippen LogP contribution in [0.25, 0.3) is 0 Å². The van der Waals surface area contributed by atoms with E-state index in [1.807, 2.05) is 27.7 Å². The number of methoxy groups -OCH3 is 1. The monoisotopic (exact) mass is 364 g/mol. The second kappa shape index (κ2) is 7.47. The SMILES string of the molecule is COC(=O)c1ncc(N2CCC(C)(NC(=O)OC(C)(C)C)CC2)nc1C. The number of nitrogens with zero attached hydrogens (tertiary/aromatic N) is 3. The van der Waals surface area contributed by atoms with E-state index in [0.717, 1.165) is 31.7 Å². The van der Waals surface area contributed by atoms with Crippen molar-refractivity contribution in [1.29, 1.82) is 0 Å². The zero-order chi connectivity index (χ0) is 19.5. The van der Waals surface area contributed by atoms with Crippen molar-refractivity contribution in [3.05, 3.63) is 17.6 Å². The summed E-state index contributed by atoms with van der Waals surface area (Å²) >= 11 is 0. The van der Waals surface area contributed by atoms with Crippen LogP contribution in [0, 0.1) is 6.92 Å². The molecule has 0 aliphatic carbocycles. The van der Waals surface area contributed by atoms with Crippen LogP contribution >= 0.6 is 0 Å². The molecule has 0 aromatic carbocycles. The topological polar surface area (TPSA) is 93.7 Å². The molecule has 2 heterocycles. The van der Waals surface area contributed by atoms with Gasteiger partial charge in [-0.2, -0.15) is 0 Å². The van der Waals surface area contributed by atoms with Gasteiger partial charge in [0.1, 0.15) is 11.4 Å². The van der Waals surface area contributed by atoms with Gasteiger partial charge >= 0.3 is 12.1 Å². The van der Waals surface area contributed by atoms with Crippen LogP contribution in [-0.4, -0.2) is 53.4 Å². The van der Waals surface area contributed by atoms with Crippen LogP contribution in [0.15, 0.2) is 6.20 Å². The molecule has 8 heteroatoms. The number of carbonyl (C=O) groups is 2. The number of esters is 1. The minimum Gasteiger partial charge on any atom is -0.464 e. The van der Waals surface area contributed by atoms with Crippen molar-refractivity contribution in [2.75, 3.05) is 25.1 Å². The maximum atomic E-state index is 12.0. The average molecular weight is 364 g/mol. The van der Waals surface area contributed by atoms with E-state index in [9.17, 15) is 9.59 Å². The van der Waals surface area contributed by atoms with Gasteiger partial charge in [-0.1, -0.05) is 0 Å². The van der Waals surface area contributed by atoms with Gasteiger partial charge in [-0.25, -0.2) is 19.6 Å². The van der Waals surface area contributed by atoms with Crippen LogP contribution in [0.2, 0.25) is 0 Å². The van der Waals surface area contributed by atoms with E-state index in [4.69, 9.17) is 9.47 Å². The number of piperidine rings is 1. The van der Waals surface area contributed by atoms with Crippen molar-refractivity contribution < 1.29 is 19.1 Å². The van der Waals surface area contributed by atoms with E-state index in [2.05, 4.69) is 20.2 Å². The molecular weight excluding hydrogens is 336 g/mol. The summed E-state index contributed by atoms with van der Waals surface area (Å²) in [6.45, 7) is 10.7. The molecule has 0 bridgehead atoms. The van der Waals surface area contributed by atoms with Gasteiger partial charge < -0.3 is 19.7 Å². The molecule has 1 aliphatic rings. The van der Waals surface area contributed by atoms with E-state index in [-0.39, 0.29) is 11.2 Å². The van der Waals surface area contributed by atoms with E-state index < -0.39 is 17.7 Å². The van der Waals surface area contributed by atoms with Crippen molar-refractivity contribution in [2.24, 2.45) is 0 Å². The molecule has 144 valence electrons. The van der Waals surface area contributed by atoms with Crippen LogP contribution < -0.4 is 10.2 Å². The van der Waals surface area contributed by atoms with Crippen LogP contribution in [0.4, 0.5) is 10.6 Å². The van der Waals surface area contributed by atoms with Crippen molar-refractivity contribution >= 4 is 17.9 Å². The molecule has 1 aliphatic heterocycles. The van der Waals surface area contributed by atoms with Crippen molar-refractivity contribution in [1.82, 2.24) is 15.3 Å². The Morgan fingerprint density at radius 3 is 2.38 bits per heavy atom. The number of nitrogens with one attached hydrogen (secondary N) is 1. The standard InChI is InChI=1S/C18H28N4O4/c1-12-14(15(23)25-6)19-11-13(20-12)22-9-7-18(5,8-10-22)21-16(24)26-17(2,3)4/h11H,7-10H2,1-6H3,(H,21,24). The summed E-state index contributed by atoms with van der Waals surface area (Å²) in [6, 6.07) is 0. The molecule has 1 N–H and O–H groups in total. The lowest BCUT2D eigenvalue weighted by Crippen LogP contribution is -2.54. The van der Waals surface area contributed by atoms with Crippen molar-refractivity contribution in [2.45, 2.75) is 58.6 Å². The molecule has 0 spiro atoms. The zero-order valence-electron chi connectivity index (χ0n) is 16.4. The first-order valence-electron chi connectivity index (χ1n) is 8.71. The average Bonchev–Trinajstić information content (AvgIpc) is 2.52. The number of aryl methyl sites for hydroxylation is 1. The predicted octanol–water partition coefficient (Wildman–Crippen LogP) is 2.46. The molecular formula is C18H28N4O4. The Labute approximate surface area is 154 Å². The Bertz CT molecular complexity index is 676. The van der Waals surface area contributed by atoms with E-state index >= 15 is 0 Å². The Morgan fingerprint density at radius 1 is 1.27 bits per heavy atom. The maximum Gasteiger partial charge on any atom is 0.408 e. The number of alkyl carbamates (subject to hydrolysis) is 1. The normalized spacial score (nSPS) is 16.8. The van der Waals surface area contributed by atoms with Gasteiger partial charge in [0, 0.05) is 18.6 Å². The Morgan fingerprint density at radius 2 is 1.88 bits per heavy atom. The highest BCUT2D eigenvalue weighted by atomic mass is 16.6. The Hall–Kier alpha value is -2.38. The van der Waals surface area contributed by atoms with Gasteiger partial charge in [-0.05, 0) is 47.5 Å². The lowest BCUT2D eigenvalue weighted by molar-refractivity contribution is 0.0447. The third kappa shape index (κ3) is 5.06. The largest absolute Gasteiger partial charge is 0.464 e. The molecule has 1 aromatic rings. The van der Waals surface area contributed by atoms with Gasteiger partial charge in [-0.15, -0.1) is 0 Å². The van der Waals surface area contributed by atoms with Crippen LogP contribution in [0.3, 0.4) is 0 Å². The fraction of sp³-hybridized carbons (Fsp3) is 0.667. The summed E-state index contributed by atoms with van der Waals surface area (Å²) in [6.07, 6.45) is 2.70. The number of amides is 1. The summed E-state index contributed by atoms with van der Waals surface area (Å²) < 4.78 is 10.0. The fourth-order valence-corrected chi connectivity index (χ4v) is 2.82. The highest BCUT2D eigenvalue weighted by molar-refractivity contribution is 5.88. The predicted molar refractivity (Wildman–Crippen MR) is 97.3 cm³/mol. The third-order valence-electron chi connectivity index (χ3n) is 4.31. The van der Waals surface area contributed by atoms with Crippen molar-refractivity contribution in [3.8, 4) is 0 Å². The number of carbonyl (C=O) groups excluding carboxylic acids is 2. The number of rotatable bonds is 3. The van der Waals surface area contributed by atoms with Crippen LogP contribution in [0.1, 0.15) is 56.7 Å². The first-order chi connectivity index (χ1) is 12.0. The molecule has 0 atom stereocenters. The Balaban J connectivity index is 1.98. The maximum absolute atomic E-state index is 12.0. The number of hydrogen-bond acceptors (Lipinski definition) is 7. The lowest BCUT2D eigenvalue weighted by atomic mass is 9.90. The molecule has 0 saturated carbocycles. The second-order valence-corrected chi connectivity index (χ2v) is 7.83. The van der Waals surface area contributed by atoms with Crippen LogP contribution in [-0.2, 0) is 9.47 Å². The summed E-state index contributed by atoms with van der Waals surface area (Å²) in [4.78, 5) is 34.4. The van der Waals surface area contributed by atoms with Gasteiger partial charge in [-0.3, -0.25) is 0 Å². The van der Waals surface area contributed by atoms with E-state index in [1.165, 1.54) is 7.11 Å². The van der Waals surface area contributed by atoms with E-state index in [0.29, 0.717) is 5.69 Å². The van der Waals surface area contributed by atoms with Gasteiger partial charge in [0.15, 0.2) is 5.69 Å². The van der Waals surface area contributed by atoms with Gasteiger partial charge in [0.2, 0.25) is 0 Å². The quantitative estimate of drug-likeness (QED) is 0.823. The molecule has 0 unspecified atom stereocenters. The van der Waals surface area contributed by atoms with Gasteiger partial charge in [0.05, 0.1) is 19.0 Å². The van der Waals surface area contributed by atoms with Crippen LogP contribution in [0.5, 0.6) is 0 Å². The number of hydrogen-bond donors (Lipinski definition) is 1. The number of aromatic nitrogens is 2. The molecule has 8 nitrogen and oxygen atoms in total. The zero-order valence-corrected chi connectivity index (χ0v) is 16.4. The summed E-state index contributed by atoms with van der Waals surface area (Å²) in [5, 5.41) is 2.98. The van der Waals surface area contributed by atoms with Crippen molar-refractivity contribution in [3.63, 3.8) is 0 Å². The fourth-order valence-electron chi connectivity index (χ4n) is 2.82. The highest BCUT2D eigenvalue weighted by Gasteiger charge is 2.33. The molecule has 26 heavy (non-hydrogen) atoms. The number of ether oxygens (including phenoxy) is 2.